The molecular formula is C20H19FN4O4. The maximum Gasteiger partial charge on any atom is 0.321 e. The average molecular weight is 398 g/mol. The number of halogens is 1. The first-order chi connectivity index (χ1) is 13.9. The summed E-state index contributed by atoms with van der Waals surface area (Å²) < 4.78 is 12.9. The van der Waals surface area contributed by atoms with Gasteiger partial charge in [0.05, 0.1) is 4.92 Å². The smallest absolute Gasteiger partial charge is 0.321 e. The highest BCUT2D eigenvalue weighted by molar-refractivity contribution is 5.92. The first-order valence-electron chi connectivity index (χ1n) is 8.95. The molecular weight excluding hydrogens is 379 g/mol. The number of carbonyl (C=O) groups excluding carboxylic acids is 2. The van der Waals surface area contributed by atoms with E-state index >= 15 is 0 Å². The molecule has 0 spiro atoms. The zero-order chi connectivity index (χ0) is 20.8. The third-order valence-electron chi connectivity index (χ3n) is 4.47. The molecule has 3 rings (SSSR count). The molecule has 29 heavy (non-hydrogen) atoms. The second-order valence-electron chi connectivity index (χ2n) is 6.43. The molecule has 1 aliphatic heterocycles. The van der Waals surface area contributed by atoms with Crippen molar-refractivity contribution in [1.82, 2.24) is 9.80 Å². The third kappa shape index (κ3) is 5.38. The summed E-state index contributed by atoms with van der Waals surface area (Å²) in [6, 6.07) is 11.2. The van der Waals surface area contributed by atoms with Crippen LogP contribution in [0.5, 0.6) is 0 Å². The molecule has 1 N–H and O–H groups in total. The summed E-state index contributed by atoms with van der Waals surface area (Å²) in [6.07, 6.45) is 2.90. The number of carbonyl (C=O) groups is 2. The van der Waals surface area contributed by atoms with Crippen molar-refractivity contribution in [3.63, 3.8) is 0 Å². The molecule has 2 aromatic rings. The largest absolute Gasteiger partial charge is 0.336 e. The molecule has 150 valence electrons. The Bertz CT molecular complexity index is 938. The van der Waals surface area contributed by atoms with Gasteiger partial charge in [0.2, 0.25) is 5.91 Å². The molecule has 3 amide bonds. The number of nitro benzene ring substituents is 1. The van der Waals surface area contributed by atoms with Gasteiger partial charge >= 0.3 is 6.03 Å². The van der Waals surface area contributed by atoms with Gasteiger partial charge in [0.15, 0.2) is 0 Å². The lowest BCUT2D eigenvalue weighted by atomic mass is 10.2. The van der Waals surface area contributed by atoms with Crippen molar-refractivity contribution in [2.75, 3.05) is 31.5 Å². The molecule has 0 aliphatic carbocycles. The first-order valence-corrected chi connectivity index (χ1v) is 8.95. The second-order valence-corrected chi connectivity index (χ2v) is 6.43. The zero-order valence-corrected chi connectivity index (χ0v) is 15.5. The molecule has 1 saturated heterocycles. The molecule has 2 aromatic carbocycles. The fourth-order valence-electron chi connectivity index (χ4n) is 2.88. The van der Waals surface area contributed by atoms with Gasteiger partial charge in [-0.3, -0.25) is 14.9 Å². The predicted octanol–water partition coefficient (Wildman–Crippen LogP) is 3.12. The van der Waals surface area contributed by atoms with Gasteiger partial charge < -0.3 is 15.1 Å². The number of benzene rings is 2. The SMILES string of the molecule is O=C(/C=C/c1cccc([N+](=O)[O-])c1)N1CCN(C(=O)Nc2ccc(F)cc2)CC1. The molecule has 1 fully saturated rings. The Morgan fingerprint density at radius 3 is 2.34 bits per heavy atom. The number of nitrogens with one attached hydrogen (secondary N) is 1. The van der Waals surface area contributed by atoms with Gasteiger partial charge in [-0.05, 0) is 35.9 Å². The number of urea groups is 1. The minimum absolute atomic E-state index is 0.0413. The summed E-state index contributed by atoms with van der Waals surface area (Å²) in [4.78, 5) is 38.1. The summed E-state index contributed by atoms with van der Waals surface area (Å²) in [5.41, 5.74) is 1.01. The number of nitrogens with zero attached hydrogens (tertiary/aromatic N) is 3. The summed E-state index contributed by atoms with van der Waals surface area (Å²) in [6.45, 7) is 1.47. The molecule has 0 saturated carbocycles. The van der Waals surface area contributed by atoms with Crippen LogP contribution in [0.1, 0.15) is 5.56 Å². The maximum absolute atomic E-state index is 12.9. The van der Waals surface area contributed by atoms with Crippen molar-refractivity contribution in [3.8, 4) is 0 Å². The van der Waals surface area contributed by atoms with Crippen molar-refractivity contribution in [3.05, 3.63) is 76.1 Å². The fourth-order valence-corrected chi connectivity index (χ4v) is 2.88. The minimum Gasteiger partial charge on any atom is -0.336 e. The number of amides is 3. The van der Waals surface area contributed by atoms with Gasteiger partial charge in [0, 0.05) is 50.1 Å². The summed E-state index contributed by atoms with van der Waals surface area (Å²) >= 11 is 0. The van der Waals surface area contributed by atoms with Crippen LogP contribution < -0.4 is 5.32 Å². The monoisotopic (exact) mass is 398 g/mol. The molecule has 1 heterocycles. The lowest BCUT2D eigenvalue weighted by Crippen LogP contribution is -2.51. The van der Waals surface area contributed by atoms with E-state index in [9.17, 15) is 24.1 Å². The lowest BCUT2D eigenvalue weighted by Gasteiger charge is -2.34. The highest BCUT2D eigenvalue weighted by Gasteiger charge is 2.23. The van der Waals surface area contributed by atoms with Crippen molar-refractivity contribution in [2.24, 2.45) is 0 Å². The normalized spacial score (nSPS) is 14.1. The van der Waals surface area contributed by atoms with Crippen molar-refractivity contribution in [1.29, 1.82) is 0 Å². The van der Waals surface area contributed by atoms with Gasteiger partial charge in [-0.15, -0.1) is 0 Å². The topological polar surface area (TPSA) is 95.8 Å². The van der Waals surface area contributed by atoms with Crippen LogP contribution in [0.4, 0.5) is 20.6 Å². The number of hydrogen-bond donors (Lipinski definition) is 1. The molecule has 9 heteroatoms. The van der Waals surface area contributed by atoms with E-state index in [1.807, 2.05) is 0 Å². The first kappa shape index (κ1) is 20.0. The summed E-state index contributed by atoms with van der Waals surface area (Å²) in [7, 11) is 0. The molecule has 0 aromatic heterocycles. The Kier molecular flexibility index (Phi) is 6.18. The second kappa shape index (κ2) is 8.96. The minimum atomic E-state index is -0.491. The predicted molar refractivity (Wildman–Crippen MR) is 106 cm³/mol. The van der Waals surface area contributed by atoms with Crippen LogP contribution >= 0.6 is 0 Å². The van der Waals surface area contributed by atoms with Gasteiger partial charge in [0.1, 0.15) is 5.82 Å². The number of non-ortho nitro benzene ring substituents is 1. The van der Waals surface area contributed by atoms with E-state index in [0.29, 0.717) is 37.4 Å². The zero-order valence-electron chi connectivity index (χ0n) is 15.5. The van der Waals surface area contributed by atoms with Gasteiger partial charge in [-0.25, -0.2) is 9.18 Å². The van der Waals surface area contributed by atoms with Crippen molar-refractivity contribution < 1.29 is 18.9 Å². The van der Waals surface area contributed by atoms with E-state index in [1.165, 1.54) is 48.6 Å². The molecule has 8 nitrogen and oxygen atoms in total. The number of piperazine rings is 1. The van der Waals surface area contributed by atoms with Gasteiger partial charge in [0.25, 0.3) is 5.69 Å². The van der Waals surface area contributed by atoms with Crippen LogP contribution in [0.3, 0.4) is 0 Å². The number of anilines is 1. The highest BCUT2D eigenvalue weighted by atomic mass is 19.1. The van der Waals surface area contributed by atoms with E-state index < -0.39 is 4.92 Å². The Balaban J connectivity index is 1.51. The number of hydrogen-bond acceptors (Lipinski definition) is 4. The van der Waals surface area contributed by atoms with Gasteiger partial charge in [-0.1, -0.05) is 12.1 Å². The molecule has 0 bridgehead atoms. The maximum atomic E-state index is 12.9. The number of nitro groups is 1. The molecule has 0 atom stereocenters. The standard InChI is InChI=1S/C20H19FN4O4/c21-16-5-7-17(8-6-16)22-20(27)24-12-10-23(11-13-24)19(26)9-4-15-2-1-3-18(14-15)25(28)29/h1-9,14H,10-13H2,(H,22,27)/b9-4+. The van der Waals surface area contributed by atoms with E-state index in [-0.39, 0.29) is 23.4 Å². The van der Waals surface area contributed by atoms with Crippen molar-refractivity contribution in [2.45, 2.75) is 0 Å². The Morgan fingerprint density at radius 2 is 1.69 bits per heavy atom. The van der Waals surface area contributed by atoms with Crippen LogP contribution in [0.15, 0.2) is 54.6 Å². The fraction of sp³-hybridized carbons (Fsp3) is 0.200. The average Bonchev–Trinajstić information content (AvgIpc) is 2.74. The van der Waals surface area contributed by atoms with Crippen LogP contribution in [0.25, 0.3) is 6.08 Å². The molecule has 0 radical (unpaired) electrons. The van der Waals surface area contributed by atoms with Crippen LogP contribution in [-0.2, 0) is 4.79 Å². The molecule has 1 aliphatic rings. The Morgan fingerprint density at radius 1 is 1.03 bits per heavy atom. The quantitative estimate of drug-likeness (QED) is 0.486. The number of rotatable bonds is 4. The van der Waals surface area contributed by atoms with E-state index in [4.69, 9.17) is 0 Å². The van der Waals surface area contributed by atoms with Crippen LogP contribution in [0.2, 0.25) is 0 Å². The summed E-state index contributed by atoms with van der Waals surface area (Å²) in [5, 5.41) is 13.5. The van der Waals surface area contributed by atoms with Gasteiger partial charge in [-0.2, -0.15) is 0 Å². The summed E-state index contributed by atoms with van der Waals surface area (Å²) in [5.74, 6) is -0.608. The van der Waals surface area contributed by atoms with E-state index in [2.05, 4.69) is 5.32 Å². The lowest BCUT2D eigenvalue weighted by molar-refractivity contribution is -0.384. The molecule has 0 unspecified atom stereocenters. The Hall–Kier alpha value is -3.75. The Labute approximate surface area is 166 Å². The van der Waals surface area contributed by atoms with E-state index in [1.54, 1.807) is 21.9 Å². The third-order valence-corrected chi connectivity index (χ3v) is 4.47. The van der Waals surface area contributed by atoms with Crippen molar-refractivity contribution >= 4 is 29.4 Å². The van der Waals surface area contributed by atoms with Crippen LogP contribution in [0, 0.1) is 15.9 Å². The van der Waals surface area contributed by atoms with Crippen LogP contribution in [-0.4, -0.2) is 52.8 Å². The highest BCUT2D eigenvalue weighted by Crippen LogP contribution is 2.15. The van der Waals surface area contributed by atoms with E-state index in [0.717, 1.165) is 0 Å².